The summed E-state index contributed by atoms with van der Waals surface area (Å²) in [5.41, 5.74) is 1.36. The lowest BCUT2D eigenvalue weighted by Crippen LogP contribution is -2.52. The summed E-state index contributed by atoms with van der Waals surface area (Å²) < 4.78 is 0. The number of para-hydroxylation sites is 1. The maximum atomic E-state index is 3.43. The second-order valence-electron chi connectivity index (χ2n) is 5.02. The molecule has 1 heterocycles. The van der Waals surface area contributed by atoms with Crippen LogP contribution in [0.2, 0.25) is 0 Å². The van der Waals surface area contributed by atoms with E-state index >= 15 is 0 Å². The minimum atomic E-state index is 0.642. The lowest BCUT2D eigenvalue weighted by atomic mass is 10.2. The standard InChI is InChI=1S/C15H25N3/c1-3-16-13-14(2)17-9-11-18(12-10-17)15-7-5-4-6-8-15/h4-8,14,16H,3,9-13H2,1-2H3. The molecule has 1 N–H and O–H groups in total. The summed E-state index contributed by atoms with van der Waals surface area (Å²) in [5.74, 6) is 0. The molecular weight excluding hydrogens is 222 g/mol. The molecular formula is C15H25N3. The Morgan fingerprint density at radius 1 is 1.11 bits per heavy atom. The number of benzene rings is 1. The predicted octanol–water partition coefficient (Wildman–Crippen LogP) is 1.81. The van der Waals surface area contributed by atoms with Crippen molar-refractivity contribution in [3.05, 3.63) is 30.3 Å². The summed E-state index contributed by atoms with van der Waals surface area (Å²) in [6.07, 6.45) is 0. The number of anilines is 1. The predicted molar refractivity (Wildman–Crippen MR) is 78.2 cm³/mol. The lowest BCUT2D eigenvalue weighted by Gasteiger charge is -2.39. The fourth-order valence-electron chi connectivity index (χ4n) is 2.54. The van der Waals surface area contributed by atoms with Crippen LogP contribution in [-0.2, 0) is 0 Å². The molecule has 0 aromatic heterocycles. The number of hydrogen-bond acceptors (Lipinski definition) is 3. The van der Waals surface area contributed by atoms with Crippen molar-refractivity contribution in [3.8, 4) is 0 Å². The maximum absolute atomic E-state index is 3.43. The molecule has 0 aliphatic carbocycles. The number of nitrogens with one attached hydrogen (secondary N) is 1. The number of piperazine rings is 1. The van der Waals surface area contributed by atoms with E-state index in [9.17, 15) is 0 Å². The molecule has 0 spiro atoms. The van der Waals surface area contributed by atoms with E-state index in [1.54, 1.807) is 0 Å². The van der Waals surface area contributed by atoms with E-state index in [1.807, 2.05) is 0 Å². The summed E-state index contributed by atoms with van der Waals surface area (Å²) in [4.78, 5) is 5.07. The SMILES string of the molecule is CCNCC(C)N1CCN(c2ccccc2)CC1. The first kappa shape index (κ1) is 13.4. The maximum Gasteiger partial charge on any atom is 0.0367 e. The van der Waals surface area contributed by atoms with E-state index in [0.29, 0.717) is 6.04 Å². The van der Waals surface area contributed by atoms with Gasteiger partial charge in [-0.2, -0.15) is 0 Å². The van der Waals surface area contributed by atoms with Crippen molar-refractivity contribution in [2.24, 2.45) is 0 Å². The summed E-state index contributed by atoms with van der Waals surface area (Å²) in [6.45, 7) is 11.3. The molecule has 0 saturated carbocycles. The zero-order valence-electron chi connectivity index (χ0n) is 11.6. The highest BCUT2D eigenvalue weighted by Gasteiger charge is 2.20. The van der Waals surface area contributed by atoms with Crippen LogP contribution >= 0.6 is 0 Å². The second kappa shape index (κ2) is 6.76. The number of rotatable bonds is 5. The molecule has 1 unspecified atom stereocenters. The van der Waals surface area contributed by atoms with Crippen LogP contribution in [-0.4, -0.2) is 50.2 Å². The van der Waals surface area contributed by atoms with Gasteiger partial charge in [0.05, 0.1) is 0 Å². The number of likely N-dealkylation sites (N-methyl/N-ethyl adjacent to an activating group) is 1. The minimum Gasteiger partial charge on any atom is -0.369 e. The first-order valence-corrected chi connectivity index (χ1v) is 7.06. The minimum absolute atomic E-state index is 0.642. The van der Waals surface area contributed by atoms with E-state index in [4.69, 9.17) is 0 Å². The third-order valence-electron chi connectivity index (χ3n) is 3.75. The van der Waals surface area contributed by atoms with Crippen molar-refractivity contribution < 1.29 is 0 Å². The third kappa shape index (κ3) is 3.47. The highest BCUT2D eigenvalue weighted by molar-refractivity contribution is 5.46. The van der Waals surface area contributed by atoms with Gasteiger partial charge < -0.3 is 10.2 Å². The Morgan fingerprint density at radius 3 is 2.39 bits per heavy atom. The van der Waals surface area contributed by atoms with E-state index in [2.05, 4.69) is 59.3 Å². The molecule has 2 rings (SSSR count). The molecule has 3 nitrogen and oxygen atoms in total. The van der Waals surface area contributed by atoms with Crippen LogP contribution in [0.3, 0.4) is 0 Å². The molecule has 1 aliphatic rings. The third-order valence-corrected chi connectivity index (χ3v) is 3.75. The molecule has 0 bridgehead atoms. The Labute approximate surface area is 111 Å². The van der Waals surface area contributed by atoms with Gasteiger partial charge in [0.2, 0.25) is 0 Å². The fraction of sp³-hybridized carbons (Fsp3) is 0.600. The lowest BCUT2D eigenvalue weighted by molar-refractivity contribution is 0.194. The summed E-state index contributed by atoms with van der Waals surface area (Å²) >= 11 is 0. The van der Waals surface area contributed by atoms with Crippen molar-refractivity contribution in [2.45, 2.75) is 19.9 Å². The van der Waals surface area contributed by atoms with Crippen LogP contribution in [0.5, 0.6) is 0 Å². The van der Waals surface area contributed by atoms with Crippen LogP contribution in [0, 0.1) is 0 Å². The van der Waals surface area contributed by atoms with Crippen LogP contribution in [0.1, 0.15) is 13.8 Å². The first-order valence-electron chi connectivity index (χ1n) is 7.06. The van der Waals surface area contributed by atoms with Gasteiger partial charge in [0, 0.05) is 44.5 Å². The van der Waals surface area contributed by atoms with Gasteiger partial charge in [-0.15, -0.1) is 0 Å². The molecule has 1 atom stereocenters. The van der Waals surface area contributed by atoms with Gasteiger partial charge in [-0.3, -0.25) is 4.90 Å². The Bertz CT molecular complexity index is 331. The average Bonchev–Trinajstić information content (AvgIpc) is 2.46. The molecule has 0 amide bonds. The molecule has 1 fully saturated rings. The fourth-order valence-corrected chi connectivity index (χ4v) is 2.54. The van der Waals surface area contributed by atoms with Gasteiger partial charge in [-0.05, 0) is 25.6 Å². The van der Waals surface area contributed by atoms with Gasteiger partial charge in [-0.1, -0.05) is 25.1 Å². The highest BCUT2D eigenvalue weighted by Crippen LogP contribution is 2.16. The molecule has 1 aliphatic heterocycles. The van der Waals surface area contributed by atoms with E-state index in [1.165, 1.54) is 18.8 Å². The molecule has 1 saturated heterocycles. The summed E-state index contributed by atoms with van der Waals surface area (Å²) in [5, 5.41) is 3.43. The topological polar surface area (TPSA) is 18.5 Å². The number of hydrogen-bond donors (Lipinski definition) is 1. The molecule has 1 aromatic rings. The molecule has 18 heavy (non-hydrogen) atoms. The highest BCUT2D eigenvalue weighted by atomic mass is 15.3. The van der Waals surface area contributed by atoms with Crippen molar-refractivity contribution in [1.82, 2.24) is 10.2 Å². The zero-order valence-corrected chi connectivity index (χ0v) is 11.6. The van der Waals surface area contributed by atoms with Crippen molar-refractivity contribution in [3.63, 3.8) is 0 Å². The van der Waals surface area contributed by atoms with Gasteiger partial charge in [0.25, 0.3) is 0 Å². The van der Waals surface area contributed by atoms with Crippen LogP contribution in [0.4, 0.5) is 5.69 Å². The Hall–Kier alpha value is -1.06. The van der Waals surface area contributed by atoms with Crippen molar-refractivity contribution >= 4 is 5.69 Å². The van der Waals surface area contributed by atoms with Gasteiger partial charge in [0.15, 0.2) is 0 Å². The van der Waals surface area contributed by atoms with E-state index in [-0.39, 0.29) is 0 Å². The van der Waals surface area contributed by atoms with Crippen LogP contribution < -0.4 is 10.2 Å². The number of nitrogens with zero attached hydrogens (tertiary/aromatic N) is 2. The van der Waals surface area contributed by atoms with Gasteiger partial charge in [-0.25, -0.2) is 0 Å². The monoisotopic (exact) mass is 247 g/mol. The molecule has 1 aromatic carbocycles. The second-order valence-corrected chi connectivity index (χ2v) is 5.02. The summed E-state index contributed by atoms with van der Waals surface area (Å²) in [7, 11) is 0. The smallest absolute Gasteiger partial charge is 0.0367 e. The zero-order chi connectivity index (χ0) is 12.8. The van der Waals surface area contributed by atoms with Gasteiger partial charge >= 0.3 is 0 Å². The van der Waals surface area contributed by atoms with Gasteiger partial charge in [0.1, 0.15) is 0 Å². The normalized spacial score (nSPS) is 18.9. The molecule has 0 radical (unpaired) electrons. The Kier molecular flexibility index (Phi) is 5.02. The Balaban J connectivity index is 1.81. The quantitative estimate of drug-likeness (QED) is 0.856. The molecule has 100 valence electrons. The Morgan fingerprint density at radius 2 is 1.78 bits per heavy atom. The van der Waals surface area contributed by atoms with Crippen molar-refractivity contribution in [1.29, 1.82) is 0 Å². The van der Waals surface area contributed by atoms with Crippen molar-refractivity contribution in [2.75, 3.05) is 44.2 Å². The van der Waals surface area contributed by atoms with Crippen LogP contribution in [0.25, 0.3) is 0 Å². The summed E-state index contributed by atoms with van der Waals surface area (Å²) in [6, 6.07) is 11.4. The molecule has 3 heteroatoms. The first-order chi connectivity index (χ1) is 8.81. The van der Waals surface area contributed by atoms with E-state index in [0.717, 1.165) is 26.2 Å². The van der Waals surface area contributed by atoms with Crippen LogP contribution in [0.15, 0.2) is 30.3 Å². The largest absolute Gasteiger partial charge is 0.369 e. The van der Waals surface area contributed by atoms with E-state index < -0.39 is 0 Å². The average molecular weight is 247 g/mol.